The molecule has 9 nitrogen and oxygen atoms in total. The van der Waals surface area contributed by atoms with E-state index >= 15 is 0 Å². The molecule has 1 aromatic heterocycles. The number of hydrogen-bond acceptors (Lipinski definition) is 7. The average molecular weight is 416 g/mol. The summed E-state index contributed by atoms with van der Waals surface area (Å²) in [5, 5.41) is 35.9. The molecule has 2 unspecified atom stereocenters. The first-order chi connectivity index (χ1) is 13.9. The zero-order valence-electron chi connectivity index (χ0n) is 15.4. The molecule has 0 bridgehead atoms. The quantitative estimate of drug-likeness (QED) is 0.413. The monoisotopic (exact) mass is 415 g/mol. The Balaban J connectivity index is 1.96. The summed E-state index contributed by atoms with van der Waals surface area (Å²) in [6, 6.07) is 4.96. The third-order valence-corrected chi connectivity index (χ3v) is 4.88. The number of nitrogens with two attached hydrogens (primary N) is 1. The van der Waals surface area contributed by atoms with Gasteiger partial charge in [-0.2, -0.15) is 10.4 Å². The normalized spacial score (nSPS) is 19.1. The number of aromatic hydroxyl groups is 1. The van der Waals surface area contributed by atoms with E-state index in [-0.39, 0.29) is 41.6 Å². The van der Waals surface area contributed by atoms with Gasteiger partial charge in [0.15, 0.2) is 5.82 Å². The smallest absolute Gasteiger partial charge is 0.297 e. The number of nitrogens with one attached hydrogen (secondary N) is 1. The van der Waals surface area contributed by atoms with Gasteiger partial charge in [-0.1, -0.05) is 23.7 Å². The molecule has 3 rings (SSSR count). The van der Waals surface area contributed by atoms with E-state index in [2.05, 4.69) is 16.5 Å². The van der Waals surface area contributed by atoms with Gasteiger partial charge in [-0.05, 0) is 18.6 Å². The second kappa shape index (κ2) is 9.00. The number of hydrogen-bond donors (Lipinski definition) is 4. The predicted octanol–water partition coefficient (Wildman–Crippen LogP) is 1.50. The summed E-state index contributed by atoms with van der Waals surface area (Å²) in [6.45, 7) is 0.804. The molecule has 1 fully saturated rings. The zero-order chi connectivity index (χ0) is 21.0. The highest BCUT2D eigenvalue weighted by molar-refractivity contribution is 6.34. The summed E-state index contributed by atoms with van der Waals surface area (Å²) in [4.78, 5) is 11.9. The minimum atomic E-state index is -0.686. The topological polar surface area (TPSA) is 146 Å². The molecule has 1 saturated heterocycles. The Hall–Kier alpha value is -3.00. The number of benzene rings is 1. The van der Waals surface area contributed by atoms with E-state index in [0.29, 0.717) is 30.9 Å². The van der Waals surface area contributed by atoms with E-state index in [9.17, 15) is 15.2 Å². The second-order valence-electron chi connectivity index (χ2n) is 6.51. The lowest BCUT2D eigenvalue weighted by atomic mass is 9.97. The van der Waals surface area contributed by atoms with Crippen LogP contribution in [0.4, 0.5) is 11.5 Å². The van der Waals surface area contributed by atoms with Crippen molar-refractivity contribution in [2.75, 3.05) is 18.5 Å². The summed E-state index contributed by atoms with van der Waals surface area (Å²) in [7, 11) is -0.200. The van der Waals surface area contributed by atoms with Gasteiger partial charge in [0, 0.05) is 24.1 Å². The van der Waals surface area contributed by atoms with Crippen LogP contribution in [0, 0.1) is 17.2 Å². The number of amides is 1. The number of anilines is 2. The highest BCUT2D eigenvalue weighted by Crippen LogP contribution is 2.34. The highest BCUT2D eigenvalue weighted by atomic mass is 35.5. The van der Waals surface area contributed by atoms with Gasteiger partial charge in [-0.3, -0.25) is 9.48 Å². The lowest BCUT2D eigenvalue weighted by molar-refractivity contribution is 0.0342. The van der Waals surface area contributed by atoms with Crippen LogP contribution >= 0.6 is 11.6 Å². The molecule has 1 aliphatic rings. The van der Waals surface area contributed by atoms with Crippen molar-refractivity contribution in [3.05, 3.63) is 40.5 Å². The molecule has 11 heteroatoms. The van der Waals surface area contributed by atoms with Gasteiger partial charge in [0.1, 0.15) is 11.3 Å². The predicted molar refractivity (Wildman–Crippen MR) is 109 cm³/mol. The van der Waals surface area contributed by atoms with Crippen molar-refractivity contribution >= 4 is 42.6 Å². The van der Waals surface area contributed by atoms with Gasteiger partial charge in [0.05, 0.1) is 29.7 Å². The van der Waals surface area contributed by atoms with E-state index in [1.165, 1.54) is 29.0 Å². The second-order valence-corrected chi connectivity index (χ2v) is 6.92. The Morgan fingerprint density at radius 3 is 3.03 bits per heavy atom. The number of aromatic nitrogens is 2. The molecule has 0 spiro atoms. The molecule has 5 N–H and O–H groups in total. The fourth-order valence-electron chi connectivity index (χ4n) is 3.10. The number of halogens is 1. The number of ether oxygens (including phenoxy) is 1. The van der Waals surface area contributed by atoms with Crippen LogP contribution in [-0.2, 0) is 4.74 Å². The molecule has 2 atom stereocenters. The number of phenolic OH excluding ortho intramolecular Hbond substituents is 1. The Labute approximate surface area is 172 Å². The standard InChI is InChI=1S/C18H19BClN5O4/c20-14-6-12(5-10(16(14)26)1-3-19-28)23-18-13(17(22)27)8-25(24-18)15-9-29-4-2-11(15)7-21/h1,3,5-6,8,11,15,19,26,28H,2,4,9H2,(H2,22,27)(H,23,24)/b3-1-. The first kappa shape index (κ1) is 20.7. The molecule has 150 valence electrons. The van der Waals surface area contributed by atoms with Crippen molar-refractivity contribution in [2.24, 2.45) is 11.7 Å². The number of carbonyl (C=O) groups excluding carboxylic acids is 1. The van der Waals surface area contributed by atoms with Crippen molar-refractivity contribution in [3.63, 3.8) is 0 Å². The van der Waals surface area contributed by atoms with Crippen LogP contribution in [0.1, 0.15) is 28.4 Å². The zero-order valence-corrected chi connectivity index (χ0v) is 16.1. The van der Waals surface area contributed by atoms with Gasteiger partial charge in [0.2, 0.25) is 0 Å². The van der Waals surface area contributed by atoms with Gasteiger partial charge in [-0.15, -0.1) is 0 Å². The largest absolute Gasteiger partial charge is 0.506 e. The molecular formula is C18H19BClN5O4. The Morgan fingerprint density at radius 2 is 2.34 bits per heavy atom. The fraction of sp³-hybridized carbons (Fsp3) is 0.278. The number of phenols is 1. The number of carbonyl (C=O) groups is 1. The summed E-state index contributed by atoms with van der Waals surface area (Å²) in [5.41, 5.74) is 6.46. The van der Waals surface area contributed by atoms with Crippen LogP contribution in [0.25, 0.3) is 6.08 Å². The SMILES string of the molecule is N#CC1CCOCC1n1cc(C(N)=O)c(Nc2cc(Cl)c(O)c(/C=C\BO)c2)n1. The van der Waals surface area contributed by atoms with Crippen LogP contribution < -0.4 is 11.1 Å². The van der Waals surface area contributed by atoms with Crippen molar-refractivity contribution in [1.82, 2.24) is 9.78 Å². The van der Waals surface area contributed by atoms with Crippen LogP contribution in [0.3, 0.4) is 0 Å². The first-order valence-corrected chi connectivity index (χ1v) is 9.25. The molecule has 1 amide bonds. The maximum absolute atomic E-state index is 11.9. The molecule has 0 aliphatic carbocycles. The molecule has 2 heterocycles. The minimum Gasteiger partial charge on any atom is -0.506 e. The van der Waals surface area contributed by atoms with Crippen LogP contribution in [-0.4, -0.2) is 46.5 Å². The highest BCUT2D eigenvalue weighted by Gasteiger charge is 2.29. The summed E-state index contributed by atoms with van der Waals surface area (Å²) < 4.78 is 6.97. The number of primary amides is 1. The number of rotatable bonds is 6. The van der Waals surface area contributed by atoms with Crippen molar-refractivity contribution in [1.29, 1.82) is 5.26 Å². The van der Waals surface area contributed by atoms with E-state index < -0.39 is 5.91 Å². The van der Waals surface area contributed by atoms with E-state index in [0.717, 1.165) is 0 Å². The Morgan fingerprint density at radius 1 is 1.55 bits per heavy atom. The van der Waals surface area contributed by atoms with Gasteiger partial charge in [0.25, 0.3) is 13.4 Å². The van der Waals surface area contributed by atoms with E-state index in [1.807, 2.05) is 0 Å². The molecular weight excluding hydrogens is 396 g/mol. The van der Waals surface area contributed by atoms with Gasteiger partial charge >= 0.3 is 0 Å². The molecule has 0 radical (unpaired) electrons. The van der Waals surface area contributed by atoms with Crippen LogP contribution in [0.2, 0.25) is 5.02 Å². The molecule has 1 aromatic carbocycles. The van der Waals surface area contributed by atoms with Crippen molar-refractivity contribution in [3.8, 4) is 11.8 Å². The van der Waals surface area contributed by atoms with Crippen LogP contribution in [0.15, 0.2) is 24.3 Å². The molecule has 29 heavy (non-hydrogen) atoms. The summed E-state index contributed by atoms with van der Waals surface area (Å²) >= 11 is 6.08. The fourth-order valence-corrected chi connectivity index (χ4v) is 3.33. The summed E-state index contributed by atoms with van der Waals surface area (Å²) in [5.74, 6) is 0.520. The summed E-state index contributed by atoms with van der Waals surface area (Å²) in [6.07, 6.45) is 3.57. The number of nitriles is 1. The van der Waals surface area contributed by atoms with Crippen molar-refractivity contribution < 1.29 is 19.7 Å². The Bertz CT molecular complexity index is 987. The Kier molecular flexibility index (Phi) is 6.44. The maximum Gasteiger partial charge on any atom is 0.297 e. The van der Waals surface area contributed by atoms with Gasteiger partial charge < -0.3 is 25.9 Å². The lowest BCUT2D eigenvalue weighted by Gasteiger charge is -2.26. The van der Waals surface area contributed by atoms with E-state index in [1.54, 1.807) is 6.07 Å². The molecule has 2 aromatic rings. The average Bonchev–Trinajstić information content (AvgIpc) is 3.13. The third-order valence-electron chi connectivity index (χ3n) is 4.59. The molecule has 0 saturated carbocycles. The van der Waals surface area contributed by atoms with Crippen LogP contribution in [0.5, 0.6) is 5.75 Å². The van der Waals surface area contributed by atoms with E-state index in [4.69, 9.17) is 27.1 Å². The number of nitrogens with zero attached hydrogens (tertiary/aromatic N) is 3. The third kappa shape index (κ3) is 4.54. The lowest BCUT2D eigenvalue weighted by Crippen LogP contribution is -2.29. The first-order valence-electron chi connectivity index (χ1n) is 8.87. The van der Waals surface area contributed by atoms with Gasteiger partial charge in [-0.25, -0.2) is 0 Å². The minimum absolute atomic E-state index is 0.0814. The maximum atomic E-state index is 11.9. The van der Waals surface area contributed by atoms with Crippen molar-refractivity contribution in [2.45, 2.75) is 12.5 Å². The molecule has 1 aliphatic heterocycles.